The minimum atomic E-state index is -0.845. The molecule has 1 spiro atoms. The highest BCUT2D eigenvalue weighted by Gasteiger charge is 2.85. The smallest absolute Gasteiger partial charge is 0.309 e. The summed E-state index contributed by atoms with van der Waals surface area (Å²) in [6, 6.07) is 0. The summed E-state index contributed by atoms with van der Waals surface area (Å²) in [6.07, 6.45) is 5.86. The van der Waals surface area contributed by atoms with Crippen LogP contribution < -0.4 is 0 Å². The van der Waals surface area contributed by atoms with Crippen molar-refractivity contribution in [2.45, 2.75) is 104 Å². The summed E-state index contributed by atoms with van der Waals surface area (Å²) in [6.45, 7) is 14.3. The second kappa shape index (κ2) is 6.99. The van der Waals surface area contributed by atoms with Gasteiger partial charge in [-0.15, -0.1) is 0 Å². The van der Waals surface area contributed by atoms with Crippen LogP contribution >= 0.6 is 0 Å². The molecule has 10 atom stereocenters. The van der Waals surface area contributed by atoms with Gasteiger partial charge in [-0.05, 0) is 61.2 Å². The third-order valence-corrected chi connectivity index (χ3v) is 12.1. The molecule has 2 saturated heterocycles. The number of carbonyl (C=O) groups is 3. The van der Waals surface area contributed by atoms with E-state index in [9.17, 15) is 19.5 Å². The first kappa shape index (κ1) is 24.5. The summed E-state index contributed by atoms with van der Waals surface area (Å²) in [4.78, 5) is 39.1. The number of aliphatic hydroxyl groups is 1. The molecule has 4 aliphatic carbocycles. The van der Waals surface area contributed by atoms with Gasteiger partial charge in [-0.1, -0.05) is 47.1 Å². The number of fused-ring (bicyclic) bond motifs is 3. The van der Waals surface area contributed by atoms with Gasteiger partial charge in [0.2, 0.25) is 0 Å². The Labute approximate surface area is 213 Å². The van der Waals surface area contributed by atoms with Crippen LogP contribution in [-0.2, 0) is 23.9 Å². The molecule has 1 N–H and O–H groups in total. The molecule has 3 saturated carbocycles. The lowest BCUT2D eigenvalue weighted by Crippen LogP contribution is -2.65. The molecule has 196 valence electrons. The van der Waals surface area contributed by atoms with Crippen molar-refractivity contribution < 1.29 is 29.0 Å². The molecule has 0 unspecified atom stereocenters. The summed E-state index contributed by atoms with van der Waals surface area (Å²) in [7, 11) is 0. The van der Waals surface area contributed by atoms with Gasteiger partial charge in [-0.25, -0.2) is 0 Å². The van der Waals surface area contributed by atoms with Crippen LogP contribution in [0.4, 0.5) is 0 Å². The van der Waals surface area contributed by atoms with E-state index in [1.165, 1.54) is 0 Å². The average Bonchev–Trinajstić information content (AvgIpc) is 3.39. The lowest BCUT2D eigenvalue weighted by atomic mass is 9.40. The molecular weight excluding hydrogens is 456 g/mol. The number of ether oxygens (including phenoxy) is 2. The third kappa shape index (κ3) is 2.54. The second-order valence-corrected chi connectivity index (χ2v) is 13.8. The van der Waals surface area contributed by atoms with Crippen LogP contribution in [-0.4, -0.2) is 46.6 Å². The van der Waals surface area contributed by atoms with Crippen LogP contribution in [0.5, 0.6) is 0 Å². The van der Waals surface area contributed by atoms with Gasteiger partial charge in [0.05, 0.1) is 18.1 Å². The molecule has 0 amide bonds. The Balaban J connectivity index is 1.45. The molecule has 0 bridgehead atoms. The van der Waals surface area contributed by atoms with E-state index in [2.05, 4.69) is 27.7 Å². The maximum atomic E-state index is 14.2. The van der Waals surface area contributed by atoms with E-state index >= 15 is 0 Å². The van der Waals surface area contributed by atoms with Crippen LogP contribution in [0.3, 0.4) is 0 Å². The minimum absolute atomic E-state index is 0.0440. The Kier molecular flexibility index (Phi) is 4.76. The van der Waals surface area contributed by atoms with Gasteiger partial charge >= 0.3 is 5.97 Å². The number of Topliss-reactive ketones (excluding diaryl/α,β-unsaturated/α-hetero) is 1. The van der Waals surface area contributed by atoms with Crippen LogP contribution in [0.2, 0.25) is 0 Å². The Morgan fingerprint density at radius 1 is 1.08 bits per heavy atom. The number of rotatable bonds is 2. The van der Waals surface area contributed by atoms with Crippen molar-refractivity contribution >= 4 is 17.5 Å². The van der Waals surface area contributed by atoms with Crippen molar-refractivity contribution in [3.8, 4) is 0 Å². The van der Waals surface area contributed by atoms with E-state index in [1.54, 1.807) is 0 Å². The van der Waals surface area contributed by atoms with E-state index < -0.39 is 27.9 Å². The highest BCUT2D eigenvalue weighted by molar-refractivity contribution is 6.00. The number of aliphatic hydroxyl groups excluding tert-OH is 1. The lowest BCUT2D eigenvalue weighted by molar-refractivity contribution is -0.148. The van der Waals surface area contributed by atoms with Gasteiger partial charge in [0.15, 0.2) is 5.78 Å². The fourth-order valence-corrected chi connectivity index (χ4v) is 9.68. The van der Waals surface area contributed by atoms with Gasteiger partial charge < -0.3 is 14.6 Å². The summed E-state index contributed by atoms with van der Waals surface area (Å²) in [5.41, 5.74) is -1.09. The zero-order chi connectivity index (χ0) is 26.2. The van der Waals surface area contributed by atoms with E-state index in [0.717, 1.165) is 17.6 Å². The summed E-state index contributed by atoms with van der Waals surface area (Å²) in [5.74, 6) is -0.0404. The zero-order valence-corrected chi connectivity index (χ0v) is 22.6. The SMILES string of the molecule is C/C(=C\[C@H]1C[C@H](C)C(=O)O1)[C@H]1C[C@H](O)[C@]2(C)[C@]1(C)C(=O)C=C1[C@@]3(C)CCC(=O)C(C)(C)[C@@H]3C[C@H]3O[C@@]132. The summed E-state index contributed by atoms with van der Waals surface area (Å²) < 4.78 is 12.2. The lowest BCUT2D eigenvalue weighted by Gasteiger charge is -2.60. The minimum Gasteiger partial charge on any atom is -0.458 e. The van der Waals surface area contributed by atoms with E-state index in [4.69, 9.17) is 9.47 Å². The predicted octanol–water partition coefficient (Wildman–Crippen LogP) is 4.34. The number of epoxide rings is 1. The zero-order valence-electron chi connectivity index (χ0n) is 22.6. The van der Waals surface area contributed by atoms with Gasteiger partial charge in [-0.3, -0.25) is 14.4 Å². The third-order valence-electron chi connectivity index (χ3n) is 12.1. The quantitative estimate of drug-likeness (QED) is 0.347. The predicted molar refractivity (Wildman–Crippen MR) is 133 cm³/mol. The highest BCUT2D eigenvalue weighted by atomic mass is 16.6. The Morgan fingerprint density at radius 2 is 1.78 bits per heavy atom. The molecule has 0 aromatic carbocycles. The van der Waals surface area contributed by atoms with E-state index in [0.29, 0.717) is 31.5 Å². The summed E-state index contributed by atoms with van der Waals surface area (Å²) in [5, 5.41) is 11.8. The maximum absolute atomic E-state index is 14.2. The molecule has 36 heavy (non-hydrogen) atoms. The molecule has 5 fully saturated rings. The standard InChI is InChI=1S/C30H40O6/c1-15(10-17-11-16(2)25(34)35-17)18-12-23(33)29(7)28(18,6)22(32)13-20-27(5)9-8-21(31)26(3,4)19(27)14-24-30(20,29)36-24/h10,13,16-19,23-24,33H,8-9,11-12,14H2,1-7H3/b15-10+/t16-,17-,18+,19-,23-,24+,27-,28-,29+,30-/m0/s1. The molecule has 0 aromatic heterocycles. The van der Waals surface area contributed by atoms with Gasteiger partial charge in [0.1, 0.15) is 17.5 Å². The molecule has 6 nitrogen and oxygen atoms in total. The van der Waals surface area contributed by atoms with Gasteiger partial charge in [0, 0.05) is 29.1 Å². The molecule has 6 heteroatoms. The van der Waals surface area contributed by atoms with Crippen molar-refractivity contribution in [2.24, 2.45) is 39.4 Å². The first-order chi connectivity index (χ1) is 16.7. The second-order valence-electron chi connectivity index (χ2n) is 13.8. The number of esters is 1. The van der Waals surface area contributed by atoms with Crippen LogP contribution in [0.15, 0.2) is 23.3 Å². The number of cyclic esters (lactones) is 1. The summed E-state index contributed by atoms with van der Waals surface area (Å²) >= 11 is 0. The van der Waals surface area contributed by atoms with E-state index in [1.807, 2.05) is 32.9 Å². The van der Waals surface area contributed by atoms with Crippen LogP contribution in [0.25, 0.3) is 0 Å². The molecule has 2 heterocycles. The van der Waals surface area contributed by atoms with Crippen molar-refractivity contribution in [1.82, 2.24) is 0 Å². The number of carbonyl (C=O) groups excluding carboxylic acids is 3. The molecule has 6 aliphatic rings. The largest absolute Gasteiger partial charge is 0.458 e. The van der Waals surface area contributed by atoms with Crippen LogP contribution in [0.1, 0.15) is 80.6 Å². The Bertz CT molecular complexity index is 1150. The van der Waals surface area contributed by atoms with Crippen molar-refractivity contribution in [1.29, 1.82) is 0 Å². The first-order valence-corrected chi connectivity index (χ1v) is 13.7. The van der Waals surface area contributed by atoms with Gasteiger partial charge in [0.25, 0.3) is 0 Å². The number of hydrogen-bond donors (Lipinski definition) is 1. The van der Waals surface area contributed by atoms with Crippen molar-refractivity contribution in [3.63, 3.8) is 0 Å². The Morgan fingerprint density at radius 3 is 2.42 bits per heavy atom. The van der Waals surface area contributed by atoms with Crippen molar-refractivity contribution in [2.75, 3.05) is 0 Å². The highest BCUT2D eigenvalue weighted by Crippen LogP contribution is 2.79. The molecule has 6 rings (SSSR count). The molecule has 0 aromatic rings. The van der Waals surface area contributed by atoms with Crippen molar-refractivity contribution in [3.05, 3.63) is 23.3 Å². The fourth-order valence-electron chi connectivity index (χ4n) is 9.68. The normalized spacial score (nSPS) is 53.2. The average molecular weight is 497 g/mol. The first-order valence-electron chi connectivity index (χ1n) is 13.7. The Hall–Kier alpha value is -1.79. The van der Waals surface area contributed by atoms with E-state index in [-0.39, 0.29) is 47.1 Å². The maximum Gasteiger partial charge on any atom is 0.309 e. The number of ketones is 2. The number of hydrogen-bond acceptors (Lipinski definition) is 6. The van der Waals surface area contributed by atoms with Crippen LogP contribution in [0, 0.1) is 39.4 Å². The molecular formula is C30H40O6. The fraction of sp³-hybridized carbons (Fsp3) is 0.767. The number of allylic oxidation sites excluding steroid dienone is 2. The molecule has 0 radical (unpaired) electrons. The van der Waals surface area contributed by atoms with Gasteiger partial charge in [-0.2, -0.15) is 0 Å². The molecule has 2 aliphatic heterocycles. The topological polar surface area (TPSA) is 93.2 Å². The monoisotopic (exact) mass is 496 g/mol.